The summed E-state index contributed by atoms with van der Waals surface area (Å²) in [5.41, 5.74) is -2.56. The second-order valence-corrected chi connectivity index (χ2v) is 9.55. The molecule has 6 atom stereocenters. The fourth-order valence-corrected chi connectivity index (χ4v) is 4.64. The minimum Gasteiger partial charge on any atom is -0.481 e. The zero-order valence-corrected chi connectivity index (χ0v) is 18.5. The van der Waals surface area contributed by atoms with Crippen molar-refractivity contribution in [2.45, 2.75) is 50.7 Å². The molecule has 1 aromatic rings. The summed E-state index contributed by atoms with van der Waals surface area (Å²) in [5, 5.41) is 33.2. The van der Waals surface area contributed by atoms with Crippen LogP contribution in [0.15, 0.2) is 18.2 Å². The smallest absolute Gasteiger partial charge is 0.408 e. The molecule has 0 heterocycles. The van der Waals surface area contributed by atoms with E-state index in [0.29, 0.717) is 10.6 Å². The van der Waals surface area contributed by atoms with Gasteiger partial charge in [0, 0.05) is 11.8 Å². The molecule has 3 rings (SSSR count). The van der Waals surface area contributed by atoms with Gasteiger partial charge in [-0.2, -0.15) is 0 Å². The molecule has 31 heavy (non-hydrogen) atoms. The summed E-state index contributed by atoms with van der Waals surface area (Å²) in [6.07, 6.45) is -3.90. The third-order valence-electron chi connectivity index (χ3n) is 5.51. The summed E-state index contributed by atoms with van der Waals surface area (Å²) < 4.78 is 10.9. The van der Waals surface area contributed by atoms with E-state index < -0.39 is 59.1 Å². The van der Waals surface area contributed by atoms with E-state index in [1.807, 2.05) is 0 Å². The maximum absolute atomic E-state index is 12.5. The van der Waals surface area contributed by atoms with Gasteiger partial charge in [-0.25, -0.2) is 9.59 Å². The molecule has 0 radical (unpaired) electrons. The molecule has 0 saturated heterocycles. The highest BCUT2D eigenvalue weighted by atomic mass is 35.5. The number of alkyl carbamates (subject to hydrolysis) is 1. The number of rotatable bonds is 6. The Hall–Kier alpha value is -2.07. The fraction of sp³-hybridized carbons (Fsp3) is 0.550. The van der Waals surface area contributed by atoms with Crippen molar-refractivity contribution in [1.82, 2.24) is 5.32 Å². The van der Waals surface area contributed by atoms with Gasteiger partial charge in [-0.05, 0) is 38.5 Å². The molecule has 170 valence electrons. The first-order valence-electron chi connectivity index (χ1n) is 9.50. The Morgan fingerprint density at radius 3 is 2.32 bits per heavy atom. The average Bonchev–Trinajstić information content (AvgIpc) is 3.32. The summed E-state index contributed by atoms with van der Waals surface area (Å²) in [6.45, 7) is 4.64. The molecule has 0 unspecified atom stereocenters. The number of aliphatic hydroxyl groups excluding tert-OH is 1. The zero-order chi connectivity index (χ0) is 23.3. The third-order valence-corrected chi connectivity index (χ3v) is 6.25. The van der Waals surface area contributed by atoms with Crippen LogP contribution in [0.25, 0.3) is 0 Å². The predicted molar refractivity (Wildman–Crippen MR) is 109 cm³/mol. The van der Waals surface area contributed by atoms with Crippen molar-refractivity contribution < 1.29 is 39.2 Å². The lowest BCUT2D eigenvalue weighted by Crippen LogP contribution is -2.65. The summed E-state index contributed by atoms with van der Waals surface area (Å²) in [5.74, 6) is -5.86. The van der Waals surface area contributed by atoms with E-state index in [1.54, 1.807) is 26.8 Å². The largest absolute Gasteiger partial charge is 0.481 e. The predicted octanol–water partition coefficient (Wildman–Crippen LogP) is 2.55. The highest BCUT2D eigenvalue weighted by Crippen LogP contribution is 2.63. The van der Waals surface area contributed by atoms with Crippen LogP contribution in [-0.2, 0) is 25.7 Å². The lowest BCUT2D eigenvalue weighted by molar-refractivity contribution is -0.161. The van der Waals surface area contributed by atoms with Crippen molar-refractivity contribution >= 4 is 41.2 Å². The molecule has 11 heteroatoms. The van der Waals surface area contributed by atoms with E-state index >= 15 is 0 Å². The lowest BCUT2D eigenvalue weighted by atomic mass is 9.86. The number of carboxylic acid groups (broad SMARTS) is 2. The van der Waals surface area contributed by atoms with E-state index in [0.717, 1.165) is 0 Å². The van der Waals surface area contributed by atoms with Gasteiger partial charge in [0.15, 0.2) is 5.54 Å². The van der Waals surface area contributed by atoms with Crippen LogP contribution in [0.3, 0.4) is 0 Å². The molecule has 2 aliphatic rings. The number of aliphatic carboxylic acids is 2. The Morgan fingerprint density at radius 2 is 1.81 bits per heavy atom. The zero-order valence-electron chi connectivity index (χ0n) is 17.0. The van der Waals surface area contributed by atoms with Gasteiger partial charge in [-0.3, -0.25) is 4.79 Å². The molecule has 0 spiro atoms. The number of halogens is 2. The minimum absolute atomic E-state index is 0.152. The quantitative estimate of drug-likeness (QED) is 0.491. The van der Waals surface area contributed by atoms with E-state index in [2.05, 4.69) is 5.32 Å². The summed E-state index contributed by atoms with van der Waals surface area (Å²) in [4.78, 5) is 36.4. The first kappa shape index (κ1) is 23.6. The van der Waals surface area contributed by atoms with Gasteiger partial charge in [0.1, 0.15) is 11.7 Å². The van der Waals surface area contributed by atoms with Crippen molar-refractivity contribution in [3.8, 4) is 0 Å². The van der Waals surface area contributed by atoms with Crippen LogP contribution in [-0.4, -0.2) is 56.7 Å². The van der Waals surface area contributed by atoms with E-state index in [4.69, 9.17) is 32.7 Å². The van der Waals surface area contributed by atoms with Gasteiger partial charge in [0.2, 0.25) is 0 Å². The first-order valence-corrected chi connectivity index (χ1v) is 10.3. The fourth-order valence-electron chi connectivity index (χ4n) is 4.32. The van der Waals surface area contributed by atoms with Gasteiger partial charge in [0.25, 0.3) is 0 Å². The Kier molecular flexibility index (Phi) is 6.18. The molecule has 0 aliphatic heterocycles. The first-order chi connectivity index (χ1) is 14.3. The number of benzene rings is 1. The number of carboxylic acids is 2. The van der Waals surface area contributed by atoms with Gasteiger partial charge in [-0.15, -0.1) is 0 Å². The minimum atomic E-state index is -2.19. The van der Waals surface area contributed by atoms with Crippen molar-refractivity contribution in [2.75, 3.05) is 0 Å². The van der Waals surface area contributed by atoms with Crippen LogP contribution < -0.4 is 5.32 Å². The number of fused-ring (bicyclic) bond motifs is 1. The van der Waals surface area contributed by atoms with E-state index in [1.165, 1.54) is 12.1 Å². The van der Waals surface area contributed by atoms with Crippen molar-refractivity contribution in [1.29, 1.82) is 0 Å². The van der Waals surface area contributed by atoms with Crippen molar-refractivity contribution in [2.24, 2.45) is 17.8 Å². The standard InChI is InChI=1S/C20H23Cl2NO8/c1-19(2,3)31-18(29)23-20(17(27)28)13-11(12(13)16(25)26)14(24)15(20)30-7-8-4-5-9(21)10(22)6-8/h4-6,11-15,24H,7H2,1-3H3,(H,23,29)(H,25,26)(H,27,28)/t11-,12-,13-,14-,15+,20+/m0/s1. The summed E-state index contributed by atoms with van der Waals surface area (Å²) >= 11 is 11.9. The summed E-state index contributed by atoms with van der Waals surface area (Å²) in [6, 6.07) is 4.67. The van der Waals surface area contributed by atoms with Crippen LogP contribution in [0.2, 0.25) is 10.0 Å². The van der Waals surface area contributed by atoms with E-state index in [9.17, 15) is 29.7 Å². The number of nitrogens with one attached hydrogen (secondary N) is 1. The molecule has 9 nitrogen and oxygen atoms in total. The summed E-state index contributed by atoms with van der Waals surface area (Å²) in [7, 11) is 0. The Balaban J connectivity index is 1.91. The number of ether oxygens (including phenoxy) is 2. The second-order valence-electron chi connectivity index (χ2n) is 8.74. The van der Waals surface area contributed by atoms with Gasteiger partial charge < -0.3 is 30.1 Å². The Bertz CT molecular complexity index is 917. The van der Waals surface area contributed by atoms with Crippen LogP contribution in [0.1, 0.15) is 26.3 Å². The van der Waals surface area contributed by atoms with E-state index in [-0.39, 0.29) is 11.6 Å². The molecule has 0 bridgehead atoms. The van der Waals surface area contributed by atoms with Crippen LogP contribution in [0.4, 0.5) is 4.79 Å². The normalized spacial score (nSPS) is 31.6. The molecule has 4 N–H and O–H groups in total. The Labute approximate surface area is 188 Å². The van der Waals surface area contributed by atoms with Gasteiger partial charge in [0.05, 0.1) is 28.7 Å². The number of carbonyl (C=O) groups excluding carboxylic acids is 1. The monoisotopic (exact) mass is 475 g/mol. The highest BCUT2D eigenvalue weighted by Gasteiger charge is 2.80. The third kappa shape index (κ3) is 4.32. The van der Waals surface area contributed by atoms with Gasteiger partial charge >= 0.3 is 18.0 Å². The average molecular weight is 476 g/mol. The Morgan fingerprint density at radius 1 is 1.16 bits per heavy atom. The number of carbonyl (C=O) groups is 3. The van der Waals surface area contributed by atoms with Crippen LogP contribution >= 0.6 is 23.2 Å². The number of amides is 1. The number of hydrogen-bond donors (Lipinski definition) is 4. The SMILES string of the molecule is CC(C)(C)OC(=O)N[C@]1(C(=O)O)[C@@H]2[C@@H](C(=O)O)[C@@H]2[C@H](O)[C@H]1OCc1ccc(Cl)c(Cl)c1. The molecular weight excluding hydrogens is 453 g/mol. The van der Waals surface area contributed by atoms with Crippen molar-refractivity contribution in [3.05, 3.63) is 33.8 Å². The molecular formula is C20H23Cl2NO8. The molecule has 2 fully saturated rings. The van der Waals surface area contributed by atoms with Gasteiger partial charge in [-0.1, -0.05) is 29.3 Å². The van der Waals surface area contributed by atoms with Crippen molar-refractivity contribution in [3.63, 3.8) is 0 Å². The second kappa shape index (κ2) is 8.12. The topological polar surface area (TPSA) is 142 Å². The molecule has 1 amide bonds. The molecule has 1 aromatic carbocycles. The molecule has 2 aliphatic carbocycles. The molecule has 2 saturated carbocycles. The highest BCUT2D eigenvalue weighted by molar-refractivity contribution is 6.42. The number of hydrogen-bond acceptors (Lipinski definition) is 6. The number of aliphatic hydroxyl groups is 1. The maximum atomic E-state index is 12.5. The van der Waals surface area contributed by atoms with Crippen LogP contribution in [0, 0.1) is 17.8 Å². The maximum Gasteiger partial charge on any atom is 0.408 e. The lowest BCUT2D eigenvalue weighted by Gasteiger charge is -2.37. The molecule has 0 aromatic heterocycles. The van der Waals surface area contributed by atoms with Crippen LogP contribution in [0.5, 0.6) is 0 Å².